The maximum absolute atomic E-state index is 13.6. The van der Waals surface area contributed by atoms with Gasteiger partial charge >= 0.3 is 0 Å². The minimum absolute atomic E-state index is 0.0150. The largest absolute Gasteiger partial charge is 0.354 e. The molecule has 4 nitrogen and oxygen atoms in total. The molecule has 2 rings (SSSR count). The summed E-state index contributed by atoms with van der Waals surface area (Å²) in [6.45, 7) is 4.01. The predicted octanol–water partition coefficient (Wildman–Crippen LogP) is 3.52. The molecule has 0 saturated carbocycles. The van der Waals surface area contributed by atoms with Crippen molar-refractivity contribution in [1.82, 2.24) is 9.97 Å². The molecule has 21 heavy (non-hydrogen) atoms. The molecular weight excluding hydrogens is 288 g/mol. The Morgan fingerprint density at radius 2 is 1.62 bits per heavy atom. The van der Waals surface area contributed by atoms with Crippen LogP contribution in [-0.2, 0) is 0 Å². The van der Waals surface area contributed by atoms with Gasteiger partial charge in [-0.3, -0.25) is 0 Å². The third-order valence-corrected chi connectivity index (χ3v) is 2.55. The van der Waals surface area contributed by atoms with E-state index < -0.39 is 29.0 Å². The molecule has 1 heterocycles. The standard InChI is InChI=1S/C13H12F4N4/c1-3-18-13-19-6(2)4-9(21-13)20-12-10(16)7(14)5-8(15)11(12)17/h4-5H,3H2,1-2H3,(H2,18,19,20,21). The normalized spacial score (nSPS) is 10.6. The number of nitrogens with zero attached hydrogens (tertiary/aromatic N) is 2. The van der Waals surface area contributed by atoms with Gasteiger partial charge in [-0.25, -0.2) is 22.5 Å². The molecule has 0 amide bonds. The number of aromatic nitrogens is 2. The topological polar surface area (TPSA) is 49.8 Å². The second-order valence-electron chi connectivity index (χ2n) is 4.22. The number of nitrogens with one attached hydrogen (secondary N) is 2. The summed E-state index contributed by atoms with van der Waals surface area (Å²) in [5.41, 5.74) is -0.422. The van der Waals surface area contributed by atoms with E-state index in [1.165, 1.54) is 6.07 Å². The molecule has 2 N–H and O–H groups in total. The van der Waals surface area contributed by atoms with E-state index in [4.69, 9.17) is 0 Å². The molecule has 0 bridgehead atoms. The fraction of sp³-hybridized carbons (Fsp3) is 0.231. The van der Waals surface area contributed by atoms with Gasteiger partial charge in [-0.15, -0.1) is 0 Å². The summed E-state index contributed by atoms with van der Waals surface area (Å²) in [6.07, 6.45) is 0. The molecule has 2 aromatic rings. The Labute approximate surface area is 118 Å². The van der Waals surface area contributed by atoms with Gasteiger partial charge in [0.1, 0.15) is 11.5 Å². The van der Waals surface area contributed by atoms with E-state index in [-0.39, 0.29) is 17.8 Å². The Balaban J connectivity index is 2.43. The zero-order chi connectivity index (χ0) is 15.6. The Morgan fingerprint density at radius 1 is 1.00 bits per heavy atom. The van der Waals surface area contributed by atoms with Gasteiger partial charge in [0.15, 0.2) is 23.3 Å². The zero-order valence-corrected chi connectivity index (χ0v) is 11.3. The van der Waals surface area contributed by atoms with Crippen molar-refractivity contribution in [3.05, 3.63) is 41.1 Å². The van der Waals surface area contributed by atoms with Crippen molar-refractivity contribution >= 4 is 17.5 Å². The third kappa shape index (κ3) is 3.21. The smallest absolute Gasteiger partial charge is 0.224 e. The van der Waals surface area contributed by atoms with E-state index in [2.05, 4.69) is 20.6 Å². The summed E-state index contributed by atoms with van der Waals surface area (Å²) in [7, 11) is 0. The molecule has 0 unspecified atom stereocenters. The molecule has 0 atom stereocenters. The van der Waals surface area contributed by atoms with Crippen LogP contribution in [0.25, 0.3) is 0 Å². The van der Waals surface area contributed by atoms with Gasteiger partial charge in [0.2, 0.25) is 5.95 Å². The first kappa shape index (κ1) is 15.0. The summed E-state index contributed by atoms with van der Waals surface area (Å²) >= 11 is 0. The highest BCUT2D eigenvalue weighted by molar-refractivity contribution is 5.59. The van der Waals surface area contributed by atoms with E-state index in [0.29, 0.717) is 12.2 Å². The summed E-state index contributed by atoms with van der Waals surface area (Å²) < 4.78 is 53.4. The molecule has 0 spiro atoms. The SMILES string of the molecule is CCNc1nc(C)cc(Nc2c(F)c(F)cc(F)c2F)n1. The summed E-state index contributed by atoms with van der Waals surface area (Å²) in [5.74, 6) is -5.77. The molecule has 1 aromatic carbocycles. The molecule has 0 radical (unpaired) electrons. The van der Waals surface area contributed by atoms with Crippen LogP contribution < -0.4 is 10.6 Å². The second-order valence-corrected chi connectivity index (χ2v) is 4.22. The monoisotopic (exact) mass is 300 g/mol. The lowest BCUT2D eigenvalue weighted by Crippen LogP contribution is -2.08. The van der Waals surface area contributed by atoms with Crippen molar-refractivity contribution in [3.8, 4) is 0 Å². The van der Waals surface area contributed by atoms with Crippen molar-refractivity contribution in [2.24, 2.45) is 0 Å². The number of anilines is 3. The average molecular weight is 300 g/mol. The minimum atomic E-state index is -1.52. The fourth-order valence-corrected chi connectivity index (χ4v) is 1.68. The van der Waals surface area contributed by atoms with Gasteiger partial charge in [-0.2, -0.15) is 4.98 Å². The number of halogens is 4. The highest BCUT2D eigenvalue weighted by atomic mass is 19.2. The number of benzene rings is 1. The van der Waals surface area contributed by atoms with Gasteiger partial charge in [0.25, 0.3) is 0 Å². The van der Waals surface area contributed by atoms with Crippen LogP contribution >= 0.6 is 0 Å². The van der Waals surface area contributed by atoms with Crippen LogP contribution in [0.15, 0.2) is 12.1 Å². The van der Waals surface area contributed by atoms with E-state index in [1.54, 1.807) is 6.92 Å². The van der Waals surface area contributed by atoms with Crippen LogP contribution in [0.4, 0.5) is 35.0 Å². The van der Waals surface area contributed by atoms with Crippen LogP contribution in [0.3, 0.4) is 0 Å². The Hall–Kier alpha value is -2.38. The highest BCUT2D eigenvalue weighted by Crippen LogP contribution is 2.27. The summed E-state index contributed by atoms with van der Waals surface area (Å²) in [5, 5.41) is 5.07. The third-order valence-electron chi connectivity index (χ3n) is 2.55. The molecule has 0 saturated heterocycles. The summed E-state index contributed by atoms with van der Waals surface area (Å²) in [4.78, 5) is 8.00. The number of hydrogen-bond acceptors (Lipinski definition) is 4. The van der Waals surface area contributed by atoms with Gasteiger partial charge < -0.3 is 10.6 Å². The van der Waals surface area contributed by atoms with E-state index in [0.717, 1.165) is 0 Å². The lowest BCUT2D eigenvalue weighted by Gasteiger charge is -2.11. The average Bonchev–Trinajstić information content (AvgIpc) is 2.41. The minimum Gasteiger partial charge on any atom is -0.354 e. The van der Waals surface area contributed by atoms with E-state index in [1.807, 2.05) is 6.92 Å². The molecule has 8 heteroatoms. The molecule has 0 aliphatic carbocycles. The first-order valence-electron chi connectivity index (χ1n) is 6.12. The Bertz CT molecular complexity index is 649. The molecule has 112 valence electrons. The van der Waals surface area contributed by atoms with Gasteiger partial charge in [0.05, 0.1) is 0 Å². The van der Waals surface area contributed by atoms with Crippen molar-refractivity contribution in [2.45, 2.75) is 13.8 Å². The highest BCUT2D eigenvalue weighted by Gasteiger charge is 2.19. The lowest BCUT2D eigenvalue weighted by atomic mass is 10.2. The van der Waals surface area contributed by atoms with Crippen molar-refractivity contribution in [2.75, 3.05) is 17.2 Å². The Kier molecular flexibility index (Phi) is 4.25. The van der Waals surface area contributed by atoms with Gasteiger partial charge in [0, 0.05) is 24.4 Å². The molecule has 0 aliphatic heterocycles. The Morgan fingerprint density at radius 3 is 2.19 bits per heavy atom. The number of rotatable bonds is 4. The first-order valence-corrected chi connectivity index (χ1v) is 6.12. The lowest BCUT2D eigenvalue weighted by molar-refractivity contribution is 0.459. The van der Waals surface area contributed by atoms with E-state index in [9.17, 15) is 17.6 Å². The van der Waals surface area contributed by atoms with Gasteiger partial charge in [-0.1, -0.05) is 0 Å². The maximum Gasteiger partial charge on any atom is 0.224 e. The molecular formula is C13H12F4N4. The number of hydrogen-bond donors (Lipinski definition) is 2. The summed E-state index contributed by atoms with van der Waals surface area (Å²) in [6, 6.07) is 1.54. The first-order chi connectivity index (χ1) is 9.92. The van der Waals surface area contributed by atoms with Crippen LogP contribution in [-0.4, -0.2) is 16.5 Å². The van der Waals surface area contributed by atoms with E-state index >= 15 is 0 Å². The maximum atomic E-state index is 13.6. The quantitative estimate of drug-likeness (QED) is 0.670. The van der Waals surface area contributed by atoms with Crippen LogP contribution in [0.2, 0.25) is 0 Å². The van der Waals surface area contributed by atoms with Crippen LogP contribution in [0.1, 0.15) is 12.6 Å². The second kappa shape index (κ2) is 5.94. The molecule has 1 aromatic heterocycles. The fourth-order valence-electron chi connectivity index (χ4n) is 1.68. The van der Waals surface area contributed by atoms with Crippen LogP contribution in [0.5, 0.6) is 0 Å². The van der Waals surface area contributed by atoms with Crippen molar-refractivity contribution in [3.63, 3.8) is 0 Å². The number of aryl methyl sites for hydroxylation is 1. The molecule has 0 fully saturated rings. The molecule has 0 aliphatic rings. The van der Waals surface area contributed by atoms with Crippen molar-refractivity contribution in [1.29, 1.82) is 0 Å². The predicted molar refractivity (Wildman–Crippen MR) is 70.5 cm³/mol. The van der Waals surface area contributed by atoms with Gasteiger partial charge in [-0.05, 0) is 13.8 Å². The zero-order valence-electron chi connectivity index (χ0n) is 11.3. The van der Waals surface area contributed by atoms with Crippen LogP contribution in [0, 0.1) is 30.2 Å². The van der Waals surface area contributed by atoms with Crippen molar-refractivity contribution < 1.29 is 17.6 Å².